The van der Waals surface area contributed by atoms with Crippen molar-refractivity contribution < 1.29 is 27.9 Å². The Bertz CT molecular complexity index is 1200. The zero-order valence-corrected chi connectivity index (χ0v) is 22.4. The van der Waals surface area contributed by atoms with Gasteiger partial charge in [-0.25, -0.2) is 18.3 Å². The summed E-state index contributed by atoms with van der Waals surface area (Å²) < 4.78 is 34.7. The van der Waals surface area contributed by atoms with Crippen molar-refractivity contribution in [1.29, 1.82) is 0 Å². The number of aromatic nitrogens is 2. The van der Waals surface area contributed by atoms with E-state index in [-0.39, 0.29) is 23.8 Å². The average Bonchev–Trinajstić information content (AvgIpc) is 2.99. The first kappa shape index (κ1) is 28.1. The first-order chi connectivity index (χ1) is 17.1. The Morgan fingerprint density at radius 2 is 1.76 bits per heavy atom. The molecule has 11 heteroatoms. The van der Waals surface area contributed by atoms with Gasteiger partial charge in [-0.15, -0.1) is 0 Å². The van der Waals surface area contributed by atoms with Gasteiger partial charge in [-0.2, -0.15) is 5.10 Å². The van der Waals surface area contributed by atoms with Gasteiger partial charge in [-0.05, 0) is 51.2 Å². The summed E-state index contributed by atoms with van der Waals surface area (Å²) in [5.41, 5.74) is -0.0512. The minimum Gasteiger partial charge on any atom is -0.444 e. The molecule has 2 aromatic rings. The third-order valence-corrected chi connectivity index (χ3v) is 5.95. The SMILES string of the molecule is CNC(=O)[C@@H](NC(=O)c1nn(-c2ccc(F)c(F)c2)c2c1CN(C(=O)OC(C)(C)C)CCC2)C(C)(C)C. The molecule has 0 saturated carbocycles. The highest BCUT2D eigenvalue weighted by atomic mass is 19.2. The van der Waals surface area contributed by atoms with Gasteiger partial charge in [0.1, 0.15) is 11.6 Å². The number of carbonyl (C=O) groups excluding carboxylic acids is 3. The fourth-order valence-electron chi connectivity index (χ4n) is 4.13. The zero-order chi connectivity index (χ0) is 27.7. The summed E-state index contributed by atoms with van der Waals surface area (Å²) in [4.78, 5) is 40.5. The molecule has 1 atom stereocenters. The van der Waals surface area contributed by atoms with E-state index in [1.807, 2.05) is 20.8 Å². The van der Waals surface area contributed by atoms with Crippen LogP contribution in [-0.2, 0) is 22.5 Å². The second-order valence-electron chi connectivity index (χ2n) is 11.2. The number of carbonyl (C=O) groups is 3. The molecule has 0 bridgehead atoms. The topological polar surface area (TPSA) is 106 Å². The van der Waals surface area contributed by atoms with Crippen molar-refractivity contribution in [2.75, 3.05) is 13.6 Å². The van der Waals surface area contributed by atoms with Gasteiger partial charge in [0.15, 0.2) is 17.3 Å². The molecule has 2 N–H and O–H groups in total. The van der Waals surface area contributed by atoms with E-state index >= 15 is 0 Å². The van der Waals surface area contributed by atoms with Gasteiger partial charge in [0, 0.05) is 25.2 Å². The number of nitrogens with one attached hydrogen (secondary N) is 2. The molecule has 2 heterocycles. The lowest BCUT2D eigenvalue weighted by atomic mass is 9.86. The first-order valence-corrected chi connectivity index (χ1v) is 12.2. The summed E-state index contributed by atoms with van der Waals surface area (Å²) in [5, 5.41) is 9.80. The number of ether oxygens (including phenoxy) is 1. The van der Waals surface area contributed by atoms with Gasteiger partial charge in [0.2, 0.25) is 5.91 Å². The van der Waals surface area contributed by atoms with Gasteiger partial charge in [0.25, 0.3) is 5.91 Å². The normalized spacial score (nSPS) is 14.9. The maximum atomic E-state index is 14.1. The van der Waals surface area contributed by atoms with Crippen LogP contribution in [0.15, 0.2) is 18.2 Å². The summed E-state index contributed by atoms with van der Waals surface area (Å²) in [7, 11) is 1.48. The van der Waals surface area contributed by atoms with Crippen LogP contribution >= 0.6 is 0 Å². The van der Waals surface area contributed by atoms with E-state index in [0.29, 0.717) is 30.6 Å². The van der Waals surface area contributed by atoms with Crippen LogP contribution in [0.5, 0.6) is 0 Å². The lowest BCUT2D eigenvalue weighted by molar-refractivity contribution is -0.124. The number of amides is 3. The minimum atomic E-state index is -1.05. The maximum absolute atomic E-state index is 14.1. The van der Waals surface area contributed by atoms with E-state index in [4.69, 9.17) is 4.74 Å². The predicted octanol–water partition coefficient (Wildman–Crippen LogP) is 3.72. The van der Waals surface area contributed by atoms with Crippen LogP contribution < -0.4 is 10.6 Å². The van der Waals surface area contributed by atoms with Crippen molar-refractivity contribution in [2.24, 2.45) is 5.41 Å². The van der Waals surface area contributed by atoms with Crippen molar-refractivity contribution >= 4 is 17.9 Å². The monoisotopic (exact) mass is 519 g/mol. The van der Waals surface area contributed by atoms with E-state index in [0.717, 1.165) is 12.1 Å². The molecule has 3 amide bonds. The Hall–Kier alpha value is -3.50. The Morgan fingerprint density at radius 3 is 2.32 bits per heavy atom. The summed E-state index contributed by atoms with van der Waals surface area (Å²) in [6.45, 7) is 11.1. The minimum absolute atomic E-state index is 0.00616. The molecule has 9 nitrogen and oxygen atoms in total. The average molecular weight is 520 g/mol. The van der Waals surface area contributed by atoms with E-state index in [1.54, 1.807) is 20.8 Å². The van der Waals surface area contributed by atoms with Crippen molar-refractivity contribution in [3.8, 4) is 5.69 Å². The number of hydrogen-bond donors (Lipinski definition) is 2. The molecule has 0 spiro atoms. The predicted molar refractivity (Wildman–Crippen MR) is 133 cm³/mol. The number of halogens is 2. The first-order valence-electron chi connectivity index (χ1n) is 12.2. The van der Waals surface area contributed by atoms with Crippen molar-refractivity contribution in [3.63, 3.8) is 0 Å². The van der Waals surface area contributed by atoms with Crippen LogP contribution in [0.2, 0.25) is 0 Å². The fourth-order valence-corrected chi connectivity index (χ4v) is 4.13. The van der Waals surface area contributed by atoms with Crippen molar-refractivity contribution in [2.45, 2.75) is 72.6 Å². The molecule has 0 fully saturated rings. The molecule has 1 aliphatic heterocycles. The third kappa shape index (κ3) is 6.44. The van der Waals surface area contributed by atoms with Crippen LogP contribution in [0.1, 0.15) is 69.7 Å². The Labute approximate surface area is 215 Å². The second-order valence-corrected chi connectivity index (χ2v) is 11.2. The molecular formula is C26H35F2N5O4. The molecule has 1 aromatic carbocycles. The van der Waals surface area contributed by atoms with Gasteiger partial charge >= 0.3 is 6.09 Å². The molecule has 1 aromatic heterocycles. The second kappa shape index (κ2) is 10.5. The number of rotatable bonds is 4. The summed E-state index contributed by atoms with van der Waals surface area (Å²) >= 11 is 0. The number of benzene rings is 1. The van der Waals surface area contributed by atoms with Crippen LogP contribution in [0, 0.1) is 17.0 Å². The third-order valence-electron chi connectivity index (χ3n) is 5.95. The highest BCUT2D eigenvalue weighted by molar-refractivity contribution is 5.97. The number of fused-ring (bicyclic) bond motifs is 1. The van der Waals surface area contributed by atoms with Gasteiger partial charge < -0.3 is 20.3 Å². The summed E-state index contributed by atoms with van der Waals surface area (Å²) in [6, 6.07) is 2.49. The molecule has 1 aliphatic rings. The number of likely N-dealkylation sites (N-methyl/N-ethyl adjacent to an activating group) is 1. The van der Waals surface area contributed by atoms with E-state index in [1.165, 1.54) is 22.7 Å². The highest BCUT2D eigenvalue weighted by Gasteiger charge is 2.36. The van der Waals surface area contributed by atoms with E-state index in [9.17, 15) is 23.2 Å². The quantitative estimate of drug-likeness (QED) is 0.641. The van der Waals surface area contributed by atoms with Gasteiger partial charge in [-0.3, -0.25) is 9.59 Å². The number of nitrogens with zero attached hydrogens (tertiary/aromatic N) is 3. The van der Waals surface area contributed by atoms with Gasteiger partial charge in [0.05, 0.1) is 17.9 Å². The molecule has 0 aliphatic carbocycles. The lowest BCUT2D eigenvalue weighted by Gasteiger charge is -2.30. The van der Waals surface area contributed by atoms with Crippen LogP contribution in [-0.4, -0.2) is 57.8 Å². The van der Waals surface area contributed by atoms with Crippen molar-refractivity contribution in [1.82, 2.24) is 25.3 Å². The molecule has 0 unspecified atom stereocenters. The fraction of sp³-hybridized carbons (Fsp3) is 0.538. The van der Waals surface area contributed by atoms with Crippen molar-refractivity contribution in [3.05, 3.63) is 46.8 Å². The largest absolute Gasteiger partial charge is 0.444 e. The zero-order valence-electron chi connectivity index (χ0n) is 22.4. The lowest BCUT2D eigenvalue weighted by Crippen LogP contribution is -2.53. The Morgan fingerprint density at radius 1 is 1.08 bits per heavy atom. The Balaban J connectivity index is 2.10. The maximum Gasteiger partial charge on any atom is 0.410 e. The van der Waals surface area contributed by atoms with E-state index in [2.05, 4.69) is 15.7 Å². The molecule has 0 radical (unpaired) electrons. The van der Waals surface area contributed by atoms with Crippen LogP contribution in [0.25, 0.3) is 5.69 Å². The van der Waals surface area contributed by atoms with Crippen LogP contribution in [0.3, 0.4) is 0 Å². The molecular weight excluding hydrogens is 484 g/mol. The highest BCUT2D eigenvalue weighted by Crippen LogP contribution is 2.28. The van der Waals surface area contributed by atoms with Gasteiger partial charge in [-0.1, -0.05) is 20.8 Å². The smallest absolute Gasteiger partial charge is 0.410 e. The molecule has 0 saturated heterocycles. The standard InChI is InChI=1S/C26H35F2N5O4/c1-25(2,3)21(23(35)29-7)30-22(34)20-16-14-32(24(36)37-26(4,5)6)12-8-9-19(16)33(31-20)15-10-11-17(27)18(28)13-15/h10-11,13,21H,8-9,12,14H2,1-7H3,(H,29,35)(H,30,34)/t21-/m1/s1. The molecule has 37 heavy (non-hydrogen) atoms. The molecule has 202 valence electrons. The summed E-state index contributed by atoms with van der Waals surface area (Å²) in [6.07, 6.45) is 0.419. The van der Waals surface area contributed by atoms with E-state index < -0.39 is 40.7 Å². The van der Waals surface area contributed by atoms with Crippen LogP contribution in [0.4, 0.5) is 13.6 Å². The number of hydrogen-bond acceptors (Lipinski definition) is 5. The summed E-state index contributed by atoms with van der Waals surface area (Å²) in [5.74, 6) is -3.05. The molecule has 3 rings (SSSR count). The Kier molecular flexibility index (Phi) is 7.94.